The van der Waals surface area contributed by atoms with Crippen molar-refractivity contribution in [2.24, 2.45) is 0 Å². The van der Waals surface area contributed by atoms with Crippen molar-refractivity contribution in [3.63, 3.8) is 0 Å². The molecule has 0 aromatic heterocycles. The van der Waals surface area contributed by atoms with Crippen LogP contribution in [0.25, 0.3) is 0 Å². The van der Waals surface area contributed by atoms with E-state index in [9.17, 15) is 13.2 Å². The van der Waals surface area contributed by atoms with Crippen LogP contribution < -0.4 is 19.5 Å². The lowest BCUT2D eigenvalue weighted by atomic mass is 10.2. The standard InChI is InChI=1S/C21H25ClN2O6S/c1-13-7-8-14(28-2)10-20(13)31(26,27)24-9-5-6-17(24)21(25)23-16-12-18(29-3)15(22)11-19(16)30-4/h7-8,10-12,17H,5-6,9H2,1-4H3,(H,23,25)/t17-/m0/s1. The SMILES string of the molecule is COc1ccc(C)c(S(=O)(=O)N2CCC[C@H]2C(=O)Nc2cc(OC)c(Cl)cc2OC)c1. The van der Waals surface area contributed by atoms with Gasteiger partial charge in [-0.2, -0.15) is 4.31 Å². The Kier molecular flexibility index (Phi) is 6.98. The number of halogens is 1. The molecule has 1 aliphatic heterocycles. The molecule has 0 unspecified atom stereocenters. The molecule has 0 saturated carbocycles. The van der Waals surface area contributed by atoms with Gasteiger partial charge < -0.3 is 19.5 Å². The fraction of sp³-hybridized carbons (Fsp3) is 0.381. The van der Waals surface area contributed by atoms with Crippen LogP contribution in [0.3, 0.4) is 0 Å². The summed E-state index contributed by atoms with van der Waals surface area (Å²) in [5, 5.41) is 3.09. The fourth-order valence-corrected chi connectivity index (χ4v) is 5.70. The first-order chi connectivity index (χ1) is 14.7. The second-order valence-electron chi connectivity index (χ2n) is 7.08. The van der Waals surface area contributed by atoms with Gasteiger partial charge in [0.2, 0.25) is 15.9 Å². The molecule has 10 heteroatoms. The van der Waals surface area contributed by atoms with Gasteiger partial charge in [0.15, 0.2) is 0 Å². The third-order valence-electron chi connectivity index (χ3n) is 5.22. The number of sulfonamides is 1. The number of methoxy groups -OCH3 is 3. The average molecular weight is 469 g/mol. The topological polar surface area (TPSA) is 94.2 Å². The van der Waals surface area contributed by atoms with Gasteiger partial charge in [-0.3, -0.25) is 4.79 Å². The second-order valence-corrected chi connectivity index (χ2v) is 9.35. The van der Waals surface area contributed by atoms with Crippen molar-refractivity contribution < 1.29 is 27.4 Å². The largest absolute Gasteiger partial charge is 0.497 e. The Balaban J connectivity index is 1.91. The zero-order valence-electron chi connectivity index (χ0n) is 17.8. The van der Waals surface area contributed by atoms with Gasteiger partial charge in [-0.1, -0.05) is 17.7 Å². The van der Waals surface area contributed by atoms with Crippen LogP contribution in [0.4, 0.5) is 5.69 Å². The number of carbonyl (C=O) groups excluding carboxylic acids is 1. The predicted molar refractivity (Wildman–Crippen MR) is 118 cm³/mol. The van der Waals surface area contributed by atoms with E-state index < -0.39 is 22.0 Å². The number of aryl methyl sites for hydroxylation is 1. The average Bonchev–Trinajstić information content (AvgIpc) is 3.26. The molecule has 1 atom stereocenters. The molecular weight excluding hydrogens is 444 g/mol. The van der Waals surface area contributed by atoms with E-state index >= 15 is 0 Å². The van der Waals surface area contributed by atoms with Gasteiger partial charge in [0, 0.05) is 24.7 Å². The molecule has 1 saturated heterocycles. The van der Waals surface area contributed by atoms with E-state index in [0.717, 1.165) is 0 Å². The molecule has 1 N–H and O–H groups in total. The van der Waals surface area contributed by atoms with Crippen molar-refractivity contribution in [2.45, 2.75) is 30.7 Å². The molecule has 3 rings (SSSR count). The Bertz CT molecular complexity index is 1090. The van der Waals surface area contributed by atoms with E-state index in [1.54, 1.807) is 25.1 Å². The van der Waals surface area contributed by atoms with E-state index in [4.69, 9.17) is 25.8 Å². The minimum atomic E-state index is -3.91. The number of anilines is 1. The highest BCUT2D eigenvalue weighted by Crippen LogP contribution is 2.37. The first-order valence-corrected chi connectivity index (χ1v) is 11.4. The highest BCUT2D eigenvalue weighted by atomic mass is 35.5. The molecule has 2 aromatic rings. The van der Waals surface area contributed by atoms with Crippen molar-refractivity contribution in [3.05, 3.63) is 40.9 Å². The van der Waals surface area contributed by atoms with Crippen molar-refractivity contribution in [2.75, 3.05) is 33.2 Å². The summed E-state index contributed by atoms with van der Waals surface area (Å²) in [7, 11) is 0.474. The van der Waals surface area contributed by atoms with Crippen molar-refractivity contribution in [1.29, 1.82) is 0 Å². The predicted octanol–water partition coefficient (Wildman–Crippen LogP) is 3.47. The van der Waals surface area contributed by atoms with Gasteiger partial charge in [-0.15, -0.1) is 0 Å². The summed E-state index contributed by atoms with van der Waals surface area (Å²) in [5.74, 6) is 0.683. The van der Waals surface area contributed by atoms with Gasteiger partial charge in [-0.25, -0.2) is 8.42 Å². The number of carbonyl (C=O) groups is 1. The Morgan fingerprint density at radius 2 is 1.81 bits per heavy atom. The molecule has 168 valence electrons. The number of ether oxygens (including phenoxy) is 3. The van der Waals surface area contributed by atoms with E-state index in [-0.39, 0.29) is 11.4 Å². The highest BCUT2D eigenvalue weighted by molar-refractivity contribution is 7.89. The molecule has 8 nitrogen and oxygen atoms in total. The molecule has 0 spiro atoms. The van der Waals surface area contributed by atoms with Crippen LogP contribution in [0, 0.1) is 6.92 Å². The zero-order valence-corrected chi connectivity index (χ0v) is 19.3. The molecule has 0 radical (unpaired) electrons. The number of rotatable bonds is 7. The minimum absolute atomic E-state index is 0.122. The maximum absolute atomic E-state index is 13.4. The summed E-state index contributed by atoms with van der Waals surface area (Å²) in [6.07, 6.45) is 0.975. The summed E-state index contributed by atoms with van der Waals surface area (Å²) in [5.41, 5.74) is 0.923. The Labute approximate surface area is 187 Å². The second kappa shape index (κ2) is 9.33. The van der Waals surface area contributed by atoms with Gasteiger partial charge in [0.25, 0.3) is 0 Å². The third-order valence-corrected chi connectivity index (χ3v) is 7.57. The molecular formula is C21H25ClN2O6S. The molecule has 0 aliphatic carbocycles. The lowest BCUT2D eigenvalue weighted by Gasteiger charge is -2.25. The summed E-state index contributed by atoms with van der Waals surface area (Å²) in [4.78, 5) is 13.2. The first-order valence-electron chi connectivity index (χ1n) is 9.61. The van der Waals surface area contributed by atoms with Gasteiger partial charge in [0.05, 0.1) is 36.9 Å². The summed E-state index contributed by atoms with van der Waals surface area (Å²) in [6.45, 7) is 1.96. The van der Waals surface area contributed by atoms with Crippen LogP contribution in [0.1, 0.15) is 18.4 Å². The van der Waals surface area contributed by atoms with Crippen LogP contribution in [0.2, 0.25) is 5.02 Å². The van der Waals surface area contributed by atoms with E-state index in [0.29, 0.717) is 46.4 Å². The number of benzene rings is 2. The van der Waals surface area contributed by atoms with Crippen molar-refractivity contribution in [1.82, 2.24) is 4.31 Å². The van der Waals surface area contributed by atoms with Crippen molar-refractivity contribution >= 4 is 33.2 Å². The number of hydrogen-bond acceptors (Lipinski definition) is 6. The quantitative estimate of drug-likeness (QED) is 0.668. The van der Waals surface area contributed by atoms with Crippen LogP contribution in [-0.4, -0.2) is 52.5 Å². The zero-order chi connectivity index (χ0) is 22.8. The molecule has 0 bridgehead atoms. The number of amides is 1. The van der Waals surface area contributed by atoms with Gasteiger partial charge in [-0.05, 0) is 31.4 Å². The summed E-state index contributed by atoms with van der Waals surface area (Å²) in [6, 6.07) is 7.06. The highest BCUT2D eigenvalue weighted by Gasteiger charge is 2.40. The van der Waals surface area contributed by atoms with E-state index in [1.807, 2.05) is 0 Å². The number of nitrogens with zero attached hydrogens (tertiary/aromatic N) is 1. The minimum Gasteiger partial charge on any atom is -0.497 e. The molecule has 31 heavy (non-hydrogen) atoms. The van der Waals surface area contributed by atoms with Crippen LogP contribution in [0.15, 0.2) is 35.2 Å². The molecule has 1 fully saturated rings. The van der Waals surface area contributed by atoms with E-state index in [1.165, 1.54) is 37.8 Å². The van der Waals surface area contributed by atoms with Gasteiger partial charge >= 0.3 is 0 Å². The lowest BCUT2D eigenvalue weighted by molar-refractivity contribution is -0.119. The van der Waals surface area contributed by atoms with Crippen LogP contribution in [-0.2, 0) is 14.8 Å². The normalized spacial score (nSPS) is 16.7. The Morgan fingerprint density at radius 1 is 1.10 bits per heavy atom. The molecule has 2 aromatic carbocycles. The maximum atomic E-state index is 13.4. The Hall–Kier alpha value is -2.49. The Morgan fingerprint density at radius 3 is 2.45 bits per heavy atom. The first kappa shape index (κ1) is 23.2. The number of nitrogens with one attached hydrogen (secondary N) is 1. The smallest absolute Gasteiger partial charge is 0.244 e. The fourth-order valence-electron chi connectivity index (χ4n) is 3.58. The molecule has 1 aliphatic rings. The third kappa shape index (κ3) is 4.58. The summed E-state index contributed by atoms with van der Waals surface area (Å²) >= 11 is 6.12. The number of hydrogen-bond donors (Lipinski definition) is 1. The van der Waals surface area contributed by atoms with Crippen LogP contribution in [0.5, 0.6) is 17.2 Å². The maximum Gasteiger partial charge on any atom is 0.244 e. The molecule has 1 amide bonds. The lowest BCUT2D eigenvalue weighted by Crippen LogP contribution is -2.43. The van der Waals surface area contributed by atoms with Gasteiger partial charge in [0.1, 0.15) is 23.3 Å². The van der Waals surface area contributed by atoms with Crippen LogP contribution >= 0.6 is 11.6 Å². The van der Waals surface area contributed by atoms with Crippen molar-refractivity contribution in [3.8, 4) is 17.2 Å². The van der Waals surface area contributed by atoms with E-state index in [2.05, 4.69) is 5.32 Å². The molecule has 1 heterocycles. The monoisotopic (exact) mass is 468 g/mol. The summed E-state index contributed by atoms with van der Waals surface area (Å²) < 4.78 is 43.7.